The van der Waals surface area contributed by atoms with Gasteiger partial charge in [0.15, 0.2) is 0 Å². The fourth-order valence-corrected chi connectivity index (χ4v) is 3.71. The van der Waals surface area contributed by atoms with E-state index in [0.717, 1.165) is 11.4 Å². The van der Waals surface area contributed by atoms with Crippen LogP contribution in [0.25, 0.3) is 0 Å². The van der Waals surface area contributed by atoms with Crippen LogP contribution >= 0.6 is 36.2 Å². The molecule has 27 heavy (non-hydrogen) atoms. The molecule has 0 radical (unpaired) electrons. The highest BCUT2D eigenvalue weighted by Gasteiger charge is 2.30. The van der Waals surface area contributed by atoms with Crippen molar-refractivity contribution in [2.24, 2.45) is 5.73 Å². The van der Waals surface area contributed by atoms with Crippen LogP contribution in [0.2, 0.25) is 0 Å². The lowest BCUT2D eigenvalue weighted by Gasteiger charge is -2.11. The molecule has 1 saturated heterocycles. The number of nitrogens with two attached hydrogens (primary N) is 1. The summed E-state index contributed by atoms with van der Waals surface area (Å²) in [5, 5.41) is 11.8. The van der Waals surface area contributed by atoms with Crippen LogP contribution in [0.1, 0.15) is 17.5 Å². The van der Waals surface area contributed by atoms with Gasteiger partial charge in [-0.2, -0.15) is 0 Å². The SMILES string of the molecule is Cl.Cl.NCC(=O)NC1CN[C@H](C(=O)Nc2cc(Cc3ccccc3)cs2)C1. The van der Waals surface area contributed by atoms with Gasteiger partial charge < -0.3 is 21.7 Å². The number of carbonyl (C=O) groups excluding carboxylic acids is 2. The maximum Gasteiger partial charge on any atom is 0.242 e. The summed E-state index contributed by atoms with van der Waals surface area (Å²) in [6.07, 6.45) is 1.42. The lowest BCUT2D eigenvalue weighted by molar-refractivity contribution is -0.121. The summed E-state index contributed by atoms with van der Waals surface area (Å²) in [5.41, 5.74) is 7.72. The van der Waals surface area contributed by atoms with E-state index in [-0.39, 0.29) is 55.3 Å². The largest absolute Gasteiger partial charge is 0.351 e. The first-order valence-corrected chi connectivity index (χ1v) is 9.17. The van der Waals surface area contributed by atoms with Gasteiger partial charge in [0, 0.05) is 12.6 Å². The topological polar surface area (TPSA) is 96.2 Å². The Hall–Kier alpha value is -1.64. The van der Waals surface area contributed by atoms with Crippen LogP contribution < -0.4 is 21.7 Å². The summed E-state index contributed by atoms with van der Waals surface area (Å²) in [5.74, 6) is -0.269. The zero-order chi connectivity index (χ0) is 17.6. The van der Waals surface area contributed by atoms with Gasteiger partial charge in [0.25, 0.3) is 0 Å². The van der Waals surface area contributed by atoms with E-state index < -0.39 is 0 Å². The first kappa shape index (κ1) is 23.4. The van der Waals surface area contributed by atoms with E-state index >= 15 is 0 Å². The minimum Gasteiger partial charge on any atom is -0.351 e. The summed E-state index contributed by atoms with van der Waals surface area (Å²) in [7, 11) is 0. The van der Waals surface area contributed by atoms with Crippen LogP contribution in [0.15, 0.2) is 41.8 Å². The Morgan fingerprint density at radius 1 is 1.19 bits per heavy atom. The van der Waals surface area contributed by atoms with Crippen molar-refractivity contribution < 1.29 is 9.59 Å². The standard InChI is InChI=1S/C18H22N4O2S.2ClH/c19-9-16(23)21-14-8-15(20-10-14)18(24)22-17-7-13(11-25-17)6-12-4-2-1-3-5-12;;/h1-5,7,11,14-15,20H,6,8-10,19H2,(H,21,23)(H,22,24);2*1H/t14?,15-;;/m0../s1. The highest BCUT2D eigenvalue weighted by Crippen LogP contribution is 2.23. The monoisotopic (exact) mass is 430 g/mol. The summed E-state index contributed by atoms with van der Waals surface area (Å²) >= 11 is 1.52. The van der Waals surface area contributed by atoms with Gasteiger partial charge in [0.05, 0.1) is 17.6 Å². The van der Waals surface area contributed by atoms with E-state index in [1.807, 2.05) is 24.3 Å². The molecule has 0 aliphatic carbocycles. The lowest BCUT2D eigenvalue weighted by atomic mass is 10.1. The Balaban J connectivity index is 0.00000182. The quantitative estimate of drug-likeness (QED) is 0.562. The number of thiophene rings is 1. The molecule has 0 spiro atoms. The molecule has 2 atom stereocenters. The number of halogens is 2. The maximum atomic E-state index is 12.4. The van der Waals surface area contributed by atoms with Crippen molar-refractivity contribution >= 4 is 53.0 Å². The maximum absolute atomic E-state index is 12.4. The molecule has 148 valence electrons. The Bertz CT molecular complexity index is 742. The lowest BCUT2D eigenvalue weighted by Crippen LogP contribution is -2.39. The molecule has 6 nitrogen and oxygen atoms in total. The fourth-order valence-electron chi connectivity index (χ4n) is 2.91. The Kier molecular flexibility index (Phi) is 9.76. The van der Waals surface area contributed by atoms with Crippen LogP contribution in [0.3, 0.4) is 0 Å². The third-order valence-electron chi connectivity index (χ3n) is 4.15. The average molecular weight is 431 g/mol. The van der Waals surface area contributed by atoms with E-state index in [4.69, 9.17) is 5.73 Å². The molecule has 5 N–H and O–H groups in total. The summed E-state index contributed by atoms with van der Waals surface area (Å²) in [6, 6.07) is 11.9. The number of anilines is 1. The summed E-state index contributed by atoms with van der Waals surface area (Å²) < 4.78 is 0. The number of hydrogen-bond donors (Lipinski definition) is 4. The van der Waals surface area contributed by atoms with Gasteiger partial charge in [-0.05, 0) is 35.4 Å². The molecule has 0 saturated carbocycles. The minimum atomic E-state index is -0.303. The molecule has 2 heterocycles. The number of carbonyl (C=O) groups is 2. The van der Waals surface area contributed by atoms with Crippen molar-refractivity contribution in [1.29, 1.82) is 0 Å². The molecular weight excluding hydrogens is 407 g/mol. The van der Waals surface area contributed by atoms with Crippen molar-refractivity contribution in [2.45, 2.75) is 24.9 Å². The molecule has 0 bridgehead atoms. The predicted molar refractivity (Wildman–Crippen MR) is 114 cm³/mol. The number of rotatable bonds is 6. The summed E-state index contributed by atoms with van der Waals surface area (Å²) in [6.45, 7) is 0.542. The highest BCUT2D eigenvalue weighted by molar-refractivity contribution is 7.14. The van der Waals surface area contributed by atoms with E-state index in [9.17, 15) is 9.59 Å². The first-order chi connectivity index (χ1) is 12.1. The molecule has 1 aromatic carbocycles. The predicted octanol–water partition coefficient (Wildman–Crippen LogP) is 1.93. The zero-order valence-corrected chi connectivity index (χ0v) is 17.1. The Labute approximate surface area is 175 Å². The first-order valence-electron chi connectivity index (χ1n) is 8.29. The van der Waals surface area contributed by atoms with E-state index in [1.54, 1.807) is 0 Å². The van der Waals surface area contributed by atoms with Gasteiger partial charge in [-0.3, -0.25) is 9.59 Å². The molecule has 9 heteroatoms. The van der Waals surface area contributed by atoms with Crippen LogP contribution in [0.4, 0.5) is 5.00 Å². The van der Waals surface area contributed by atoms with Crippen LogP contribution in [-0.4, -0.2) is 37.0 Å². The van der Waals surface area contributed by atoms with E-state index in [1.165, 1.54) is 22.5 Å². The van der Waals surface area contributed by atoms with Crippen molar-refractivity contribution in [3.8, 4) is 0 Å². The second kappa shape index (κ2) is 11.3. The fraction of sp³-hybridized carbons (Fsp3) is 0.333. The molecule has 1 aromatic heterocycles. The van der Waals surface area contributed by atoms with Gasteiger partial charge in [0.1, 0.15) is 0 Å². The third-order valence-corrected chi connectivity index (χ3v) is 5.04. The molecule has 2 aromatic rings. The van der Waals surface area contributed by atoms with Gasteiger partial charge in [-0.15, -0.1) is 36.2 Å². The third kappa shape index (κ3) is 6.79. The molecule has 1 unspecified atom stereocenters. The van der Waals surface area contributed by atoms with E-state index in [2.05, 4.69) is 33.5 Å². The number of nitrogens with one attached hydrogen (secondary N) is 3. The van der Waals surface area contributed by atoms with Crippen LogP contribution in [0.5, 0.6) is 0 Å². The van der Waals surface area contributed by atoms with Crippen molar-refractivity contribution in [3.05, 3.63) is 52.9 Å². The van der Waals surface area contributed by atoms with Crippen LogP contribution in [0, 0.1) is 0 Å². The highest BCUT2D eigenvalue weighted by atomic mass is 35.5. The van der Waals surface area contributed by atoms with Crippen molar-refractivity contribution in [2.75, 3.05) is 18.4 Å². The molecule has 1 aliphatic heterocycles. The van der Waals surface area contributed by atoms with Crippen molar-refractivity contribution in [1.82, 2.24) is 10.6 Å². The molecule has 1 aliphatic rings. The number of amides is 2. The smallest absolute Gasteiger partial charge is 0.242 e. The van der Waals surface area contributed by atoms with Gasteiger partial charge in [-0.25, -0.2) is 0 Å². The second-order valence-electron chi connectivity index (χ2n) is 6.14. The second-order valence-corrected chi connectivity index (χ2v) is 7.05. The molecule has 2 amide bonds. The number of benzene rings is 1. The minimum absolute atomic E-state index is 0. The number of hydrogen-bond acceptors (Lipinski definition) is 5. The van der Waals surface area contributed by atoms with Gasteiger partial charge in [0.2, 0.25) is 11.8 Å². The van der Waals surface area contributed by atoms with Crippen molar-refractivity contribution in [3.63, 3.8) is 0 Å². The summed E-state index contributed by atoms with van der Waals surface area (Å²) in [4.78, 5) is 23.7. The molecule has 1 fully saturated rings. The average Bonchev–Trinajstić information content (AvgIpc) is 3.25. The molecular formula is C18H24Cl2N4O2S. The Morgan fingerprint density at radius 2 is 1.93 bits per heavy atom. The normalized spacial score (nSPS) is 18.1. The molecule has 3 rings (SSSR count). The van der Waals surface area contributed by atoms with Gasteiger partial charge >= 0.3 is 0 Å². The van der Waals surface area contributed by atoms with Gasteiger partial charge in [-0.1, -0.05) is 30.3 Å². The zero-order valence-electron chi connectivity index (χ0n) is 14.6. The Morgan fingerprint density at radius 3 is 2.63 bits per heavy atom. The van der Waals surface area contributed by atoms with Crippen LogP contribution in [-0.2, 0) is 16.0 Å². The van der Waals surface area contributed by atoms with E-state index in [0.29, 0.717) is 13.0 Å².